The molecular formula is C23H29ClN4O3. The fourth-order valence-corrected chi connectivity index (χ4v) is 2.52. The fraction of sp³-hybridized carbons (Fsp3) is 0.261. The lowest BCUT2D eigenvalue weighted by Gasteiger charge is -2.04. The third-order valence-corrected chi connectivity index (χ3v) is 4.21. The number of aryl methyl sites for hydroxylation is 2. The van der Waals surface area contributed by atoms with Gasteiger partial charge in [-0.05, 0) is 57.0 Å². The van der Waals surface area contributed by atoms with Crippen molar-refractivity contribution in [2.45, 2.75) is 34.2 Å². The van der Waals surface area contributed by atoms with Crippen molar-refractivity contribution in [3.8, 4) is 0 Å². The van der Waals surface area contributed by atoms with Crippen LogP contribution in [0.5, 0.6) is 0 Å². The fourth-order valence-electron chi connectivity index (χ4n) is 2.20. The standard InChI is InChI=1S/C14H15ClN4O2.C9H14O/c1-8-3-10(5-11(15)4-8)6-17-14(16)19-13(20)12-7-18-21-9(12)2;1-5-8(2)6-7-9(3)10-4/h3-5,7H,6H2,1-2H3,(H3,16,17,19,20);5-7H,1H2,2-4H3/b;8-6-,9-7+. The smallest absolute Gasteiger partial charge is 0.263 e. The van der Waals surface area contributed by atoms with Crippen molar-refractivity contribution in [3.05, 3.63) is 88.0 Å². The quantitative estimate of drug-likeness (QED) is 0.286. The maximum atomic E-state index is 11.9. The van der Waals surface area contributed by atoms with Crippen LogP contribution < -0.4 is 11.1 Å². The highest BCUT2D eigenvalue weighted by molar-refractivity contribution is 6.30. The Bertz CT molecular complexity index is 970. The molecule has 166 valence electrons. The molecule has 0 bridgehead atoms. The molecule has 0 aliphatic rings. The maximum Gasteiger partial charge on any atom is 0.263 e. The van der Waals surface area contributed by atoms with Gasteiger partial charge in [0.25, 0.3) is 5.91 Å². The van der Waals surface area contributed by atoms with E-state index in [0.717, 1.165) is 22.5 Å². The number of halogens is 1. The molecule has 2 aromatic rings. The van der Waals surface area contributed by atoms with Gasteiger partial charge in [-0.3, -0.25) is 10.1 Å². The van der Waals surface area contributed by atoms with Crippen molar-refractivity contribution in [3.63, 3.8) is 0 Å². The van der Waals surface area contributed by atoms with Crippen molar-refractivity contribution < 1.29 is 14.1 Å². The Hall–Kier alpha value is -3.32. The van der Waals surface area contributed by atoms with Gasteiger partial charge >= 0.3 is 0 Å². The Morgan fingerprint density at radius 2 is 2.03 bits per heavy atom. The van der Waals surface area contributed by atoms with Gasteiger partial charge in [-0.15, -0.1) is 0 Å². The normalized spacial score (nSPS) is 12.0. The second kappa shape index (κ2) is 13.1. The molecular weight excluding hydrogens is 416 g/mol. The number of aromatic nitrogens is 1. The molecule has 2 rings (SSSR count). The molecule has 1 amide bonds. The Morgan fingerprint density at radius 1 is 1.32 bits per heavy atom. The van der Waals surface area contributed by atoms with Gasteiger partial charge in [-0.2, -0.15) is 0 Å². The van der Waals surface area contributed by atoms with Crippen LogP contribution in [0.4, 0.5) is 0 Å². The Labute approximate surface area is 188 Å². The molecule has 0 aliphatic heterocycles. The minimum Gasteiger partial charge on any atom is -0.501 e. The molecule has 0 aliphatic carbocycles. The van der Waals surface area contributed by atoms with Gasteiger partial charge in [0.2, 0.25) is 0 Å². The predicted molar refractivity (Wildman–Crippen MR) is 125 cm³/mol. The molecule has 0 saturated heterocycles. The summed E-state index contributed by atoms with van der Waals surface area (Å²) in [5, 5.41) is 6.65. The van der Waals surface area contributed by atoms with Crippen molar-refractivity contribution >= 4 is 23.5 Å². The number of nitrogens with two attached hydrogens (primary N) is 1. The molecule has 0 unspecified atom stereocenters. The number of carbonyl (C=O) groups is 1. The van der Waals surface area contributed by atoms with E-state index in [1.807, 2.05) is 45.1 Å². The molecule has 0 saturated carbocycles. The zero-order valence-electron chi connectivity index (χ0n) is 18.5. The first kappa shape index (κ1) is 25.7. The number of hydrogen-bond acceptors (Lipinski definition) is 5. The van der Waals surface area contributed by atoms with Crippen LogP contribution in [-0.2, 0) is 11.3 Å². The van der Waals surface area contributed by atoms with Gasteiger partial charge in [-0.25, -0.2) is 4.99 Å². The van der Waals surface area contributed by atoms with Crippen LogP contribution >= 0.6 is 11.6 Å². The highest BCUT2D eigenvalue weighted by atomic mass is 35.5. The first-order valence-electron chi connectivity index (χ1n) is 9.46. The summed E-state index contributed by atoms with van der Waals surface area (Å²) >= 11 is 5.97. The molecule has 1 aromatic heterocycles. The second-order valence-electron chi connectivity index (χ2n) is 6.68. The summed E-state index contributed by atoms with van der Waals surface area (Å²) < 4.78 is 9.74. The first-order chi connectivity index (χ1) is 14.7. The summed E-state index contributed by atoms with van der Waals surface area (Å²) in [7, 11) is 1.66. The molecule has 0 spiro atoms. The summed E-state index contributed by atoms with van der Waals surface area (Å²) in [6, 6.07) is 5.61. The van der Waals surface area contributed by atoms with Crippen LogP contribution in [0.2, 0.25) is 5.02 Å². The van der Waals surface area contributed by atoms with Crippen molar-refractivity contribution in [2.24, 2.45) is 10.7 Å². The van der Waals surface area contributed by atoms with E-state index >= 15 is 0 Å². The second-order valence-corrected chi connectivity index (χ2v) is 7.12. The lowest BCUT2D eigenvalue weighted by atomic mass is 10.1. The number of allylic oxidation sites excluding steroid dienone is 5. The zero-order chi connectivity index (χ0) is 23.4. The number of rotatable bonds is 6. The number of hydrogen-bond donors (Lipinski definition) is 2. The average Bonchev–Trinajstić information content (AvgIpc) is 3.16. The third kappa shape index (κ3) is 9.82. The monoisotopic (exact) mass is 444 g/mol. The Balaban J connectivity index is 0.000000407. The molecule has 1 aromatic carbocycles. The van der Waals surface area contributed by atoms with Gasteiger partial charge in [0.15, 0.2) is 5.96 Å². The average molecular weight is 445 g/mol. The number of benzene rings is 1. The first-order valence-corrected chi connectivity index (χ1v) is 9.84. The molecule has 8 heteroatoms. The summed E-state index contributed by atoms with van der Waals surface area (Å²) in [5.74, 6) is 0.947. The van der Waals surface area contributed by atoms with E-state index in [2.05, 4.69) is 22.0 Å². The number of nitrogens with zero attached hydrogens (tertiary/aromatic N) is 2. The van der Waals surface area contributed by atoms with E-state index in [9.17, 15) is 4.79 Å². The summed E-state index contributed by atoms with van der Waals surface area (Å²) in [6.45, 7) is 11.4. The number of ether oxygens (including phenoxy) is 1. The minimum absolute atomic E-state index is 0.0261. The molecule has 0 radical (unpaired) electrons. The van der Waals surface area contributed by atoms with E-state index < -0.39 is 5.91 Å². The van der Waals surface area contributed by atoms with Crippen molar-refractivity contribution in [1.29, 1.82) is 0 Å². The van der Waals surface area contributed by atoms with Crippen LogP contribution in [0, 0.1) is 13.8 Å². The Kier molecular flexibility index (Phi) is 10.8. The largest absolute Gasteiger partial charge is 0.501 e. The van der Waals surface area contributed by atoms with Gasteiger partial charge in [0.05, 0.1) is 25.6 Å². The highest BCUT2D eigenvalue weighted by Crippen LogP contribution is 2.15. The number of amides is 1. The van der Waals surface area contributed by atoms with Crippen LogP contribution in [0.3, 0.4) is 0 Å². The number of methoxy groups -OCH3 is 1. The van der Waals surface area contributed by atoms with E-state index in [-0.39, 0.29) is 5.96 Å². The molecule has 0 atom stereocenters. The van der Waals surface area contributed by atoms with E-state index in [1.54, 1.807) is 26.2 Å². The molecule has 1 heterocycles. The topological polar surface area (TPSA) is 103 Å². The highest BCUT2D eigenvalue weighted by Gasteiger charge is 2.13. The number of nitrogens with one attached hydrogen (secondary N) is 1. The third-order valence-electron chi connectivity index (χ3n) is 4.00. The van der Waals surface area contributed by atoms with Crippen LogP contribution in [0.25, 0.3) is 0 Å². The van der Waals surface area contributed by atoms with Crippen LogP contribution in [-0.4, -0.2) is 24.1 Å². The van der Waals surface area contributed by atoms with Crippen LogP contribution in [0.1, 0.15) is 41.1 Å². The molecule has 0 fully saturated rings. The van der Waals surface area contributed by atoms with Gasteiger partial charge < -0.3 is 15.0 Å². The predicted octanol–water partition coefficient (Wildman–Crippen LogP) is 4.86. The zero-order valence-corrected chi connectivity index (χ0v) is 19.3. The van der Waals surface area contributed by atoms with Gasteiger partial charge in [0.1, 0.15) is 11.3 Å². The van der Waals surface area contributed by atoms with Gasteiger partial charge in [-0.1, -0.05) is 47.1 Å². The van der Waals surface area contributed by atoms with Crippen LogP contribution in [0.15, 0.2) is 70.1 Å². The maximum absolute atomic E-state index is 11.9. The van der Waals surface area contributed by atoms with Crippen molar-refractivity contribution in [2.75, 3.05) is 7.11 Å². The molecule has 31 heavy (non-hydrogen) atoms. The number of guanidine groups is 1. The summed E-state index contributed by atoms with van der Waals surface area (Å²) in [4.78, 5) is 16.0. The molecule has 3 N–H and O–H groups in total. The summed E-state index contributed by atoms with van der Waals surface area (Å²) in [5.41, 5.74) is 9.10. The van der Waals surface area contributed by atoms with Gasteiger partial charge in [0, 0.05) is 5.02 Å². The van der Waals surface area contributed by atoms with E-state index in [1.165, 1.54) is 6.20 Å². The van der Waals surface area contributed by atoms with Crippen molar-refractivity contribution in [1.82, 2.24) is 10.5 Å². The molecule has 7 nitrogen and oxygen atoms in total. The minimum atomic E-state index is -0.405. The number of carbonyl (C=O) groups excluding carboxylic acids is 1. The number of aliphatic imine (C=N–C) groups is 1. The lowest BCUT2D eigenvalue weighted by Crippen LogP contribution is -2.36. The summed E-state index contributed by atoms with van der Waals surface area (Å²) in [6.07, 6.45) is 7.01. The Morgan fingerprint density at radius 3 is 2.58 bits per heavy atom. The van der Waals surface area contributed by atoms with E-state index in [4.69, 9.17) is 26.6 Å². The van der Waals surface area contributed by atoms with E-state index in [0.29, 0.717) is 22.9 Å². The lowest BCUT2D eigenvalue weighted by molar-refractivity contribution is 0.0975. The SMILES string of the molecule is C=C/C(C)=C\C=C(/C)OC.Cc1cc(Cl)cc(CN=C(N)NC(=O)c2cnoc2C)c1.